The number of hydrogen-bond acceptors (Lipinski definition) is 3. The number of nitrogens with one attached hydrogen (secondary N) is 1. The van der Waals surface area contributed by atoms with E-state index in [9.17, 15) is 9.59 Å². The van der Waals surface area contributed by atoms with Gasteiger partial charge in [-0.3, -0.25) is 9.59 Å². The van der Waals surface area contributed by atoms with Gasteiger partial charge in [0.1, 0.15) is 5.76 Å². The zero-order valence-electron chi connectivity index (χ0n) is 11.6. The molecule has 1 aromatic heterocycles. The summed E-state index contributed by atoms with van der Waals surface area (Å²) in [6.07, 6.45) is 1.46. The number of hydrogen-bond donors (Lipinski definition) is 1. The molecule has 0 aliphatic heterocycles. The first-order valence-electron chi connectivity index (χ1n) is 6.17. The van der Waals surface area contributed by atoms with Crippen molar-refractivity contribution in [2.75, 3.05) is 19.4 Å². The van der Waals surface area contributed by atoms with Crippen molar-refractivity contribution in [3.63, 3.8) is 0 Å². The van der Waals surface area contributed by atoms with Gasteiger partial charge < -0.3 is 14.6 Å². The first-order valence-corrected chi connectivity index (χ1v) is 6.17. The Morgan fingerprint density at radius 2 is 1.80 bits per heavy atom. The monoisotopic (exact) mass is 272 g/mol. The van der Waals surface area contributed by atoms with Crippen LogP contribution in [0.3, 0.4) is 0 Å². The fraction of sp³-hybridized carbons (Fsp3) is 0.200. The highest BCUT2D eigenvalue weighted by Gasteiger charge is 2.17. The average Bonchev–Trinajstić information content (AvgIpc) is 2.84. The maximum absolute atomic E-state index is 12.1. The number of amides is 2. The third-order valence-corrected chi connectivity index (χ3v) is 2.92. The summed E-state index contributed by atoms with van der Waals surface area (Å²) in [7, 11) is 3.34. The molecule has 0 saturated carbocycles. The zero-order valence-corrected chi connectivity index (χ0v) is 11.6. The number of carbonyl (C=O) groups is 2. The number of anilines is 1. The molecule has 104 valence electrons. The molecule has 0 radical (unpaired) electrons. The van der Waals surface area contributed by atoms with Gasteiger partial charge in [-0.15, -0.1) is 0 Å². The van der Waals surface area contributed by atoms with Crippen LogP contribution in [0.1, 0.15) is 26.5 Å². The predicted molar refractivity (Wildman–Crippen MR) is 75.9 cm³/mol. The Bertz CT molecular complexity index is 644. The van der Waals surface area contributed by atoms with Crippen LogP contribution in [-0.2, 0) is 0 Å². The molecular formula is C15H16N2O3. The van der Waals surface area contributed by atoms with Crippen LogP contribution in [0.15, 0.2) is 41.0 Å². The van der Waals surface area contributed by atoms with Crippen molar-refractivity contribution in [1.29, 1.82) is 0 Å². The lowest BCUT2D eigenvalue weighted by atomic mass is 10.1. The van der Waals surface area contributed by atoms with Crippen LogP contribution in [0, 0.1) is 6.92 Å². The van der Waals surface area contributed by atoms with Crippen LogP contribution < -0.4 is 5.32 Å². The number of carbonyl (C=O) groups excluding carboxylic acids is 2. The maximum atomic E-state index is 12.1. The molecule has 0 atom stereocenters. The second kappa shape index (κ2) is 5.61. The van der Waals surface area contributed by atoms with E-state index in [0.717, 1.165) is 0 Å². The van der Waals surface area contributed by atoms with Gasteiger partial charge >= 0.3 is 0 Å². The van der Waals surface area contributed by atoms with Crippen LogP contribution in [0.25, 0.3) is 0 Å². The summed E-state index contributed by atoms with van der Waals surface area (Å²) in [5.41, 5.74) is 1.39. The molecule has 20 heavy (non-hydrogen) atoms. The van der Waals surface area contributed by atoms with Gasteiger partial charge in [-0.1, -0.05) is 12.1 Å². The Kier molecular flexibility index (Phi) is 3.89. The number of para-hydroxylation sites is 1. The van der Waals surface area contributed by atoms with E-state index in [4.69, 9.17) is 4.42 Å². The Hall–Kier alpha value is -2.56. The Morgan fingerprint density at radius 1 is 1.10 bits per heavy atom. The second-order valence-electron chi connectivity index (χ2n) is 4.59. The fourth-order valence-electron chi connectivity index (χ4n) is 1.83. The third-order valence-electron chi connectivity index (χ3n) is 2.92. The molecule has 1 aromatic carbocycles. The van der Waals surface area contributed by atoms with Crippen LogP contribution in [-0.4, -0.2) is 30.8 Å². The molecule has 2 aromatic rings. The summed E-state index contributed by atoms with van der Waals surface area (Å²) in [5.74, 6) is 0.0824. The lowest BCUT2D eigenvalue weighted by Gasteiger charge is -2.14. The molecule has 0 spiro atoms. The molecule has 1 heterocycles. The molecule has 0 bridgehead atoms. The lowest BCUT2D eigenvalue weighted by Crippen LogP contribution is -2.24. The molecule has 2 rings (SSSR count). The van der Waals surface area contributed by atoms with Crippen LogP contribution in [0.2, 0.25) is 0 Å². The summed E-state index contributed by atoms with van der Waals surface area (Å²) >= 11 is 0. The van der Waals surface area contributed by atoms with Crippen molar-refractivity contribution in [2.45, 2.75) is 6.92 Å². The van der Waals surface area contributed by atoms with E-state index in [2.05, 4.69) is 5.32 Å². The molecule has 0 saturated heterocycles. The Labute approximate surface area is 117 Å². The number of nitrogens with zero attached hydrogens (tertiary/aromatic N) is 1. The van der Waals surface area contributed by atoms with Gasteiger partial charge in [-0.05, 0) is 25.1 Å². The van der Waals surface area contributed by atoms with Gasteiger partial charge in [0.05, 0.1) is 23.1 Å². The van der Waals surface area contributed by atoms with Gasteiger partial charge in [0.15, 0.2) is 0 Å². The summed E-state index contributed by atoms with van der Waals surface area (Å²) in [5, 5.41) is 2.74. The third kappa shape index (κ3) is 2.71. The number of aryl methyl sites for hydroxylation is 1. The van der Waals surface area contributed by atoms with Gasteiger partial charge in [-0.2, -0.15) is 0 Å². The first kappa shape index (κ1) is 13.9. The molecule has 2 amide bonds. The highest BCUT2D eigenvalue weighted by Crippen LogP contribution is 2.18. The van der Waals surface area contributed by atoms with Crippen molar-refractivity contribution in [2.24, 2.45) is 0 Å². The minimum Gasteiger partial charge on any atom is -0.469 e. The van der Waals surface area contributed by atoms with Crippen LogP contribution >= 0.6 is 0 Å². The SMILES string of the molecule is Cc1occc1C(=O)Nc1ccccc1C(=O)N(C)C. The van der Waals surface area contributed by atoms with E-state index < -0.39 is 0 Å². The summed E-state index contributed by atoms with van der Waals surface area (Å²) in [6, 6.07) is 8.50. The van der Waals surface area contributed by atoms with Crippen molar-refractivity contribution >= 4 is 17.5 Å². The minimum absolute atomic E-state index is 0.162. The highest BCUT2D eigenvalue weighted by molar-refractivity contribution is 6.09. The maximum Gasteiger partial charge on any atom is 0.259 e. The number of benzene rings is 1. The standard InChI is InChI=1S/C15H16N2O3/c1-10-11(8-9-20-10)14(18)16-13-7-5-4-6-12(13)15(19)17(2)3/h4-9H,1-3H3,(H,16,18). The van der Waals surface area contributed by atoms with Gasteiger partial charge in [-0.25, -0.2) is 0 Å². The van der Waals surface area contributed by atoms with Crippen LogP contribution in [0.4, 0.5) is 5.69 Å². The van der Waals surface area contributed by atoms with Crippen LogP contribution in [0.5, 0.6) is 0 Å². The second-order valence-corrected chi connectivity index (χ2v) is 4.59. The zero-order chi connectivity index (χ0) is 14.7. The normalized spacial score (nSPS) is 10.2. The van der Waals surface area contributed by atoms with Gasteiger partial charge in [0, 0.05) is 14.1 Å². The van der Waals surface area contributed by atoms with E-state index in [0.29, 0.717) is 22.6 Å². The van der Waals surface area contributed by atoms with Crippen molar-refractivity contribution in [3.05, 3.63) is 53.5 Å². The molecule has 5 nitrogen and oxygen atoms in total. The van der Waals surface area contributed by atoms with E-state index >= 15 is 0 Å². The van der Waals surface area contributed by atoms with Crippen molar-refractivity contribution < 1.29 is 14.0 Å². The molecule has 0 fully saturated rings. The molecular weight excluding hydrogens is 256 g/mol. The highest BCUT2D eigenvalue weighted by atomic mass is 16.3. The number of furan rings is 1. The Morgan fingerprint density at radius 3 is 2.40 bits per heavy atom. The summed E-state index contributed by atoms with van der Waals surface area (Å²) in [4.78, 5) is 25.7. The van der Waals surface area contributed by atoms with Crippen molar-refractivity contribution in [1.82, 2.24) is 4.90 Å². The summed E-state index contributed by atoms with van der Waals surface area (Å²) < 4.78 is 5.10. The molecule has 0 unspecified atom stereocenters. The molecule has 0 aliphatic rings. The molecule has 0 aliphatic carbocycles. The largest absolute Gasteiger partial charge is 0.469 e. The minimum atomic E-state index is -0.296. The number of rotatable bonds is 3. The van der Waals surface area contributed by atoms with E-state index in [-0.39, 0.29) is 11.8 Å². The van der Waals surface area contributed by atoms with Gasteiger partial charge in [0.25, 0.3) is 11.8 Å². The van der Waals surface area contributed by atoms with E-state index in [1.165, 1.54) is 11.2 Å². The molecule has 1 N–H and O–H groups in total. The van der Waals surface area contributed by atoms with E-state index in [1.807, 2.05) is 0 Å². The smallest absolute Gasteiger partial charge is 0.259 e. The quantitative estimate of drug-likeness (QED) is 0.934. The predicted octanol–water partition coefficient (Wildman–Crippen LogP) is 2.54. The van der Waals surface area contributed by atoms with Crippen molar-refractivity contribution in [3.8, 4) is 0 Å². The Balaban J connectivity index is 2.28. The van der Waals surface area contributed by atoms with E-state index in [1.54, 1.807) is 51.4 Å². The first-order chi connectivity index (χ1) is 9.50. The topological polar surface area (TPSA) is 62.6 Å². The fourth-order valence-corrected chi connectivity index (χ4v) is 1.83. The molecule has 5 heteroatoms. The van der Waals surface area contributed by atoms with Gasteiger partial charge in [0.2, 0.25) is 0 Å². The summed E-state index contributed by atoms with van der Waals surface area (Å²) in [6.45, 7) is 1.71. The lowest BCUT2D eigenvalue weighted by molar-refractivity contribution is 0.0828. The average molecular weight is 272 g/mol.